The van der Waals surface area contributed by atoms with Crippen LogP contribution in [-0.2, 0) is 24.5 Å². The van der Waals surface area contributed by atoms with Crippen molar-refractivity contribution in [2.75, 3.05) is 19.2 Å². The number of ether oxygens (including phenoxy) is 3. The molecule has 0 radical (unpaired) electrons. The summed E-state index contributed by atoms with van der Waals surface area (Å²) in [6, 6.07) is 10.7. The van der Waals surface area contributed by atoms with Crippen LogP contribution in [0, 0.1) is 28.4 Å². The zero-order valence-electron chi connectivity index (χ0n) is 28.7. The van der Waals surface area contributed by atoms with E-state index in [2.05, 4.69) is 21.4 Å². The smallest absolute Gasteiger partial charge is 0.410 e. The number of nitrogens with zero attached hydrogens (tertiary/aromatic N) is 1. The number of carboxylic acid groups (broad SMARTS) is 1. The second-order valence-electron chi connectivity index (χ2n) is 13.3. The molecule has 0 saturated carbocycles. The van der Waals surface area contributed by atoms with E-state index in [0.717, 1.165) is 6.07 Å². The molecular weight excluding hydrogens is 725 g/mol. The van der Waals surface area contributed by atoms with E-state index in [0.29, 0.717) is 0 Å². The summed E-state index contributed by atoms with van der Waals surface area (Å²) in [5.74, 6) is -5.99. The second-order valence-corrected chi connectivity index (χ2v) is 14.1. The van der Waals surface area contributed by atoms with Crippen LogP contribution in [-0.4, -0.2) is 61.1 Å². The fourth-order valence-corrected chi connectivity index (χ4v) is 6.53. The largest absolute Gasteiger partial charge is 0.495 e. The van der Waals surface area contributed by atoms with Crippen LogP contribution in [0.1, 0.15) is 61.5 Å². The van der Waals surface area contributed by atoms with E-state index < -0.39 is 77.2 Å². The molecule has 1 fully saturated rings. The molecule has 4 N–H and O–H groups in total. The van der Waals surface area contributed by atoms with Gasteiger partial charge in [0, 0.05) is 22.5 Å². The minimum atomic E-state index is -1.85. The Kier molecular flexibility index (Phi) is 12.4. The number of carbonyl (C=O) groups is 4. The summed E-state index contributed by atoms with van der Waals surface area (Å²) < 4.78 is 46.9. The highest BCUT2D eigenvalue weighted by Gasteiger charge is 2.61. The van der Waals surface area contributed by atoms with Crippen LogP contribution >= 0.6 is 23.2 Å². The summed E-state index contributed by atoms with van der Waals surface area (Å²) >= 11 is 12.3. The monoisotopic (exact) mass is 760 g/mol. The summed E-state index contributed by atoms with van der Waals surface area (Å²) in [5, 5.41) is 27.7. The first-order chi connectivity index (χ1) is 24.4. The van der Waals surface area contributed by atoms with E-state index in [9.17, 15) is 24.4 Å². The number of anilines is 1. The summed E-state index contributed by atoms with van der Waals surface area (Å²) in [6.45, 7) is 6.11. The Morgan fingerprint density at radius 1 is 1.08 bits per heavy atom. The molecule has 1 heterocycles. The predicted octanol–water partition coefficient (Wildman–Crippen LogP) is 6.55. The molecule has 0 bridgehead atoms. The van der Waals surface area contributed by atoms with Crippen LogP contribution in [0.3, 0.4) is 0 Å². The van der Waals surface area contributed by atoms with E-state index in [1.807, 2.05) is 26.1 Å². The molecular formula is C36H36Cl2F2N4O8. The number of hydrogen-bond acceptors (Lipinski definition) is 9. The fraction of sp³-hybridized carbons (Fsp3) is 0.361. The number of nitrogens with one attached hydrogen (secondary N) is 3. The van der Waals surface area contributed by atoms with Gasteiger partial charge in [-0.1, -0.05) is 62.2 Å². The highest BCUT2D eigenvalue weighted by Crippen LogP contribution is 2.53. The lowest BCUT2D eigenvalue weighted by atomic mass is 9.62. The van der Waals surface area contributed by atoms with Gasteiger partial charge in [-0.15, -0.1) is 0 Å². The number of halogens is 4. The Labute approximate surface area is 308 Å². The highest BCUT2D eigenvalue weighted by atomic mass is 35.5. The van der Waals surface area contributed by atoms with Crippen molar-refractivity contribution in [3.05, 3.63) is 93.0 Å². The van der Waals surface area contributed by atoms with Crippen molar-refractivity contribution in [3.8, 4) is 11.8 Å². The standard InChI is InChI=1S/C36H36Cl2F2N4O8/c1-18(32(46)47)42-34(49)52-17-51-33(48)19-9-12-25(26(13-19)50-5)43-31(45)30-28(21-7-6-8-23(38)29(21)40)36(16-41,27(44-30)15-35(2,3)4)22-11-10-20(37)14-24(22)39/h6-14,18,27-28,30,44H,15,17H2,1-5H3,(H,42,49)(H,43,45)(H,46,47)/t18-,27?,28?,30+,36-/m0/s1. The molecule has 0 aromatic heterocycles. The third-order valence-electron chi connectivity index (χ3n) is 8.51. The van der Waals surface area contributed by atoms with Crippen molar-refractivity contribution in [1.29, 1.82) is 5.26 Å². The molecule has 2 amide bonds. The van der Waals surface area contributed by atoms with Gasteiger partial charge in [0.05, 0.1) is 35.5 Å². The summed E-state index contributed by atoms with van der Waals surface area (Å²) in [5.41, 5.74) is -2.47. The van der Waals surface area contributed by atoms with Crippen molar-refractivity contribution in [2.24, 2.45) is 5.41 Å². The van der Waals surface area contributed by atoms with Gasteiger partial charge < -0.3 is 35.3 Å². The van der Waals surface area contributed by atoms with Crippen LogP contribution < -0.4 is 20.7 Å². The van der Waals surface area contributed by atoms with Gasteiger partial charge in [-0.3, -0.25) is 9.59 Å². The minimum Gasteiger partial charge on any atom is -0.495 e. The zero-order valence-corrected chi connectivity index (χ0v) is 30.2. The SMILES string of the molecule is COc1cc(C(=O)OCOC(=O)N[C@@H](C)C(=O)O)ccc1NC(=O)[C@@H]1NC(CC(C)(C)C)[C@](C#N)(c2ccc(Cl)cc2F)C1c1cccc(Cl)c1F. The number of carbonyl (C=O) groups excluding carboxylic acids is 3. The fourth-order valence-electron chi connectivity index (χ4n) is 6.19. The van der Waals surface area contributed by atoms with Crippen molar-refractivity contribution in [3.63, 3.8) is 0 Å². The number of amides is 2. The van der Waals surface area contributed by atoms with E-state index in [1.54, 1.807) is 0 Å². The molecule has 1 aliphatic heterocycles. The molecule has 4 rings (SSSR count). The molecule has 276 valence electrons. The second kappa shape index (κ2) is 16.1. The van der Waals surface area contributed by atoms with E-state index in [4.69, 9.17) is 37.8 Å². The van der Waals surface area contributed by atoms with Crippen molar-refractivity contribution in [2.45, 2.75) is 63.6 Å². The van der Waals surface area contributed by atoms with Gasteiger partial charge in [-0.2, -0.15) is 5.26 Å². The number of carboxylic acids is 1. The first-order valence-corrected chi connectivity index (χ1v) is 16.6. The number of alkyl carbamates (subject to hydrolysis) is 1. The van der Waals surface area contributed by atoms with Gasteiger partial charge in [0.25, 0.3) is 0 Å². The van der Waals surface area contributed by atoms with Crippen LogP contribution in [0.5, 0.6) is 5.75 Å². The maximum Gasteiger partial charge on any atom is 0.410 e. The van der Waals surface area contributed by atoms with E-state index in [-0.39, 0.29) is 44.6 Å². The molecule has 3 aromatic carbocycles. The number of esters is 1. The highest BCUT2D eigenvalue weighted by molar-refractivity contribution is 6.31. The Hall–Kier alpha value is -4.97. The number of rotatable bonds is 11. The van der Waals surface area contributed by atoms with Gasteiger partial charge in [0.1, 0.15) is 28.8 Å². The third kappa shape index (κ3) is 8.55. The molecule has 0 aliphatic carbocycles. The lowest BCUT2D eigenvalue weighted by Crippen LogP contribution is -2.45. The number of hydrogen-bond donors (Lipinski definition) is 4. The number of methoxy groups -OCH3 is 1. The number of aliphatic carboxylic acids is 1. The molecule has 0 spiro atoms. The quantitative estimate of drug-likeness (QED) is 0.124. The van der Waals surface area contributed by atoms with Gasteiger partial charge in [0.15, 0.2) is 0 Å². The minimum absolute atomic E-state index is 0.00163. The lowest BCUT2D eigenvalue weighted by molar-refractivity contribution is -0.139. The Morgan fingerprint density at radius 3 is 2.40 bits per heavy atom. The maximum atomic E-state index is 16.0. The average Bonchev–Trinajstić information content (AvgIpc) is 3.38. The predicted molar refractivity (Wildman–Crippen MR) is 186 cm³/mol. The number of nitriles is 1. The molecule has 12 nitrogen and oxygen atoms in total. The third-order valence-corrected chi connectivity index (χ3v) is 9.04. The summed E-state index contributed by atoms with van der Waals surface area (Å²) in [7, 11) is 1.28. The molecule has 1 saturated heterocycles. The van der Waals surface area contributed by atoms with Gasteiger partial charge >= 0.3 is 18.0 Å². The first-order valence-electron chi connectivity index (χ1n) is 15.8. The molecule has 3 aromatic rings. The van der Waals surface area contributed by atoms with Crippen LogP contribution in [0.4, 0.5) is 19.3 Å². The normalized spacial score (nSPS) is 20.3. The van der Waals surface area contributed by atoms with Gasteiger partial charge in [-0.05, 0) is 60.7 Å². The van der Waals surface area contributed by atoms with Crippen molar-refractivity contribution in [1.82, 2.24) is 10.6 Å². The topological polar surface area (TPSA) is 176 Å². The Bertz CT molecular complexity index is 1920. The molecule has 5 atom stereocenters. The van der Waals surface area contributed by atoms with Crippen molar-refractivity contribution < 1.29 is 47.3 Å². The summed E-state index contributed by atoms with van der Waals surface area (Å²) in [6.07, 6.45) is -0.867. The maximum absolute atomic E-state index is 16.0. The Balaban J connectivity index is 1.70. The molecule has 1 aliphatic rings. The Morgan fingerprint density at radius 2 is 1.79 bits per heavy atom. The van der Waals surface area contributed by atoms with E-state index in [1.165, 1.54) is 62.6 Å². The zero-order chi connectivity index (χ0) is 38.5. The first kappa shape index (κ1) is 39.8. The van der Waals surface area contributed by atoms with Gasteiger partial charge in [0.2, 0.25) is 12.7 Å². The van der Waals surface area contributed by atoms with Crippen LogP contribution in [0.15, 0.2) is 54.6 Å². The lowest BCUT2D eigenvalue weighted by Gasteiger charge is -2.37. The molecule has 52 heavy (non-hydrogen) atoms. The number of benzene rings is 3. The van der Waals surface area contributed by atoms with E-state index >= 15 is 8.78 Å². The van der Waals surface area contributed by atoms with Gasteiger partial charge in [-0.25, -0.2) is 18.4 Å². The summed E-state index contributed by atoms with van der Waals surface area (Å²) in [4.78, 5) is 49.6. The van der Waals surface area contributed by atoms with Crippen LogP contribution in [0.2, 0.25) is 10.0 Å². The van der Waals surface area contributed by atoms with Crippen LogP contribution in [0.25, 0.3) is 0 Å². The molecule has 2 unspecified atom stereocenters. The molecule has 16 heteroatoms. The average molecular weight is 762 g/mol. The van der Waals surface area contributed by atoms with Crippen molar-refractivity contribution >= 4 is 52.8 Å².